The Hall–Kier alpha value is -2.95. The highest BCUT2D eigenvalue weighted by Gasteiger charge is 2.06. The first kappa shape index (κ1) is 14.0. The molecule has 3 N–H and O–H groups in total. The van der Waals surface area contributed by atoms with Crippen LogP contribution in [0.25, 0.3) is 11.3 Å². The monoisotopic (exact) mass is 295 g/mol. The van der Waals surface area contributed by atoms with Crippen molar-refractivity contribution >= 4 is 5.69 Å². The lowest BCUT2D eigenvalue weighted by Crippen LogP contribution is -2.11. The van der Waals surface area contributed by atoms with Gasteiger partial charge in [-0.25, -0.2) is 9.37 Å². The summed E-state index contributed by atoms with van der Waals surface area (Å²) in [4.78, 5) is 19.0. The van der Waals surface area contributed by atoms with Crippen LogP contribution in [0.3, 0.4) is 0 Å². The smallest absolute Gasteiger partial charge is 0.251 e. The Balaban J connectivity index is 1.96. The first-order valence-electron chi connectivity index (χ1n) is 6.81. The first-order chi connectivity index (χ1) is 10.6. The molecule has 110 valence electrons. The lowest BCUT2D eigenvalue weighted by molar-refractivity contribution is 0.627. The van der Waals surface area contributed by atoms with E-state index in [1.807, 2.05) is 12.1 Å². The van der Waals surface area contributed by atoms with Crippen molar-refractivity contribution in [3.63, 3.8) is 0 Å². The summed E-state index contributed by atoms with van der Waals surface area (Å²) in [5.74, 6) is 0.232. The van der Waals surface area contributed by atoms with Crippen LogP contribution in [-0.2, 0) is 6.42 Å². The summed E-state index contributed by atoms with van der Waals surface area (Å²) in [5, 5.41) is 0. The van der Waals surface area contributed by atoms with E-state index in [4.69, 9.17) is 5.73 Å². The van der Waals surface area contributed by atoms with E-state index >= 15 is 0 Å². The summed E-state index contributed by atoms with van der Waals surface area (Å²) in [5.41, 5.74) is 8.36. The van der Waals surface area contributed by atoms with Gasteiger partial charge in [-0.1, -0.05) is 24.3 Å². The Morgan fingerprint density at radius 3 is 2.59 bits per heavy atom. The molecule has 1 aromatic heterocycles. The van der Waals surface area contributed by atoms with Crippen molar-refractivity contribution in [1.82, 2.24) is 9.97 Å². The van der Waals surface area contributed by atoms with Gasteiger partial charge in [0, 0.05) is 23.7 Å². The van der Waals surface area contributed by atoms with Crippen LogP contribution in [-0.4, -0.2) is 9.97 Å². The topological polar surface area (TPSA) is 71.8 Å². The molecule has 1 heterocycles. The number of aromatic amines is 1. The molecule has 0 aliphatic heterocycles. The van der Waals surface area contributed by atoms with Crippen LogP contribution in [0.15, 0.2) is 59.4 Å². The maximum Gasteiger partial charge on any atom is 0.251 e. The highest BCUT2D eigenvalue weighted by molar-refractivity contribution is 5.63. The zero-order chi connectivity index (χ0) is 15.5. The SMILES string of the molecule is Nc1cccc(-c2cc(=O)[nH]c(Cc3ccc(F)cc3)n2)c1. The van der Waals surface area contributed by atoms with Gasteiger partial charge in [-0.2, -0.15) is 0 Å². The fraction of sp³-hybridized carbons (Fsp3) is 0.0588. The summed E-state index contributed by atoms with van der Waals surface area (Å²) in [6, 6.07) is 14.7. The highest BCUT2D eigenvalue weighted by atomic mass is 19.1. The van der Waals surface area contributed by atoms with Gasteiger partial charge in [0.05, 0.1) is 5.69 Å². The van der Waals surface area contributed by atoms with Gasteiger partial charge in [0.25, 0.3) is 5.56 Å². The second-order valence-electron chi connectivity index (χ2n) is 5.01. The molecule has 0 spiro atoms. The number of hydrogen-bond donors (Lipinski definition) is 2. The number of rotatable bonds is 3. The molecular weight excluding hydrogens is 281 g/mol. The number of nitrogens with one attached hydrogen (secondary N) is 1. The van der Waals surface area contributed by atoms with Gasteiger partial charge >= 0.3 is 0 Å². The zero-order valence-electron chi connectivity index (χ0n) is 11.7. The lowest BCUT2D eigenvalue weighted by atomic mass is 10.1. The average molecular weight is 295 g/mol. The quantitative estimate of drug-likeness (QED) is 0.730. The zero-order valence-corrected chi connectivity index (χ0v) is 11.7. The molecular formula is C17H14FN3O. The second kappa shape index (κ2) is 5.81. The second-order valence-corrected chi connectivity index (χ2v) is 5.01. The molecule has 3 aromatic rings. The molecule has 0 amide bonds. The van der Waals surface area contributed by atoms with Gasteiger partial charge in [0.1, 0.15) is 11.6 Å². The van der Waals surface area contributed by atoms with Crippen LogP contribution in [0.1, 0.15) is 11.4 Å². The number of halogens is 1. The normalized spacial score (nSPS) is 10.6. The summed E-state index contributed by atoms with van der Waals surface area (Å²) in [6.45, 7) is 0. The van der Waals surface area contributed by atoms with E-state index in [2.05, 4.69) is 9.97 Å². The van der Waals surface area contributed by atoms with Crippen LogP contribution < -0.4 is 11.3 Å². The predicted molar refractivity (Wildman–Crippen MR) is 83.9 cm³/mol. The Morgan fingerprint density at radius 2 is 1.86 bits per heavy atom. The maximum absolute atomic E-state index is 12.9. The molecule has 22 heavy (non-hydrogen) atoms. The third kappa shape index (κ3) is 3.20. The molecule has 0 atom stereocenters. The Kier molecular flexibility index (Phi) is 3.70. The molecule has 0 saturated heterocycles. The number of nitrogen functional groups attached to an aromatic ring is 1. The fourth-order valence-corrected chi connectivity index (χ4v) is 2.23. The van der Waals surface area contributed by atoms with Gasteiger partial charge in [-0.05, 0) is 29.8 Å². The molecule has 2 aromatic carbocycles. The number of hydrogen-bond acceptors (Lipinski definition) is 3. The largest absolute Gasteiger partial charge is 0.399 e. The number of H-pyrrole nitrogens is 1. The molecule has 0 unspecified atom stereocenters. The Labute approximate surface area is 126 Å². The van der Waals surface area contributed by atoms with E-state index in [0.717, 1.165) is 11.1 Å². The third-order valence-corrected chi connectivity index (χ3v) is 3.26. The van der Waals surface area contributed by atoms with E-state index in [1.54, 1.807) is 24.3 Å². The van der Waals surface area contributed by atoms with E-state index < -0.39 is 0 Å². The molecule has 5 heteroatoms. The van der Waals surface area contributed by atoms with Gasteiger partial charge in [0.15, 0.2) is 0 Å². The van der Waals surface area contributed by atoms with E-state index in [-0.39, 0.29) is 11.4 Å². The Bertz CT molecular complexity index is 856. The molecule has 0 radical (unpaired) electrons. The van der Waals surface area contributed by atoms with Crippen molar-refractivity contribution in [2.24, 2.45) is 0 Å². The number of anilines is 1. The summed E-state index contributed by atoms with van der Waals surface area (Å²) in [6.07, 6.45) is 0.422. The minimum atomic E-state index is -0.293. The van der Waals surface area contributed by atoms with Gasteiger partial charge < -0.3 is 10.7 Å². The molecule has 0 fully saturated rings. The number of nitrogens with two attached hydrogens (primary N) is 1. The molecule has 0 aliphatic rings. The van der Waals surface area contributed by atoms with Crippen molar-refractivity contribution in [3.05, 3.63) is 82.2 Å². The highest BCUT2D eigenvalue weighted by Crippen LogP contribution is 2.18. The first-order valence-corrected chi connectivity index (χ1v) is 6.81. The van der Waals surface area contributed by atoms with Crippen molar-refractivity contribution in [3.8, 4) is 11.3 Å². The fourth-order valence-electron chi connectivity index (χ4n) is 2.23. The summed E-state index contributed by atoms with van der Waals surface area (Å²) < 4.78 is 12.9. The van der Waals surface area contributed by atoms with E-state index in [0.29, 0.717) is 23.6 Å². The third-order valence-electron chi connectivity index (χ3n) is 3.26. The van der Waals surface area contributed by atoms with Gasteiger partial charge in [-0.3, -0.25) is 4.79 Å². The lowest BCUT2D eigenvalue weighted by Gasteiger charge is -2.06. The van der Waals surface area contributed by atoms with E-state index in [1.165, 1.54) is 18.2 Å². The minimum Gasteiger partial charge on any atom is -0.399 e. The van der Waals surface area contributed by atoms with Gasteiger partial charge in [-0.15, -0.1) is 0 Å². The predicted octanol–water partition coefficient (Wildman–Crippen LogP) is 2.75. The van der Waals surface area contributed by atoms with Crippen molar-refractivity contribution in [2.45, 2.75) is 6.42 Å². The molecule has 4 nitrogen and oxygen atoms in total. The van der Waals surface area contributed by atoms with Crippen LogP contribution in [0, 0.1) is 5.82 Å². The van der Waals surface area contributed by atoms with Crippen LogP contribution in [0.4, 0.5) is 10.1 Å². The minimum absolute atomic E-state index is 0.232. The number of benzene rings is 2. The molecule has 3 rings (SSSR count). The average Bonchev–Trinajstić information content (AvgIpc) is 2.49. The number of nitrogens with zero attached hydrogens (tertiary/aromatic N) is 1. The van der Waals surface area contributed by atoms with Gasteiger partial charge in [0.2, 0.25) is 0 Å². The summed E-state index contributed by atoms with van der Waals surface area (Å²) >= 11 is 0. The molecule has 0 saturated carbocycles. The van der Waals surface area contributed by atoms with Crippen LogP contribution >= 0.6 is 0 Å². The van der Waals surface area contributed by atoms with E-state index in [9.17, 15) is 9.18 Å². The van der Waals surface area contributed by atoms with Crippen molar-refractivity contribution < 1.29 is 4.39 Å². The maximum atomic E-state index is 12.9. The summed E-state index contributed by atoms with van der Waals surface area (Å²) in [7, 11) is 0. The standard InChI is InChI=1S/C17H14FN3O/c18-13-6-4-11(5-7-13)8-16-20-15(10-17(22)21-16)12-2-1-3-14(19)9-12/h1-7,9-10H,8,19H2,(H,20,21,22). The van der Waals surface area contributed by atoms with Crippen LogP contribution in [0.5, 0.6) is 0 Å². The van der Waals surface area contributed by atoms with Crippen molar-refractivity contribution in [2.75, 3.05) is 5.73 Å². The molecule has 0 bridgehead atoms. The van der Waals surface area contributed by atoms with Crippen LogP contribution in [0.2, 0.25) is 0 Å². The van der Waals surface area contributed by atoms with Crippen molar-refractivity contribution in [1.29, 1.82) is 0 Å². The molecule has 0 aliphatic carbocycles. The number of aromatic nitrogens is 2. The Morgan fingerprint density at radius 1 is 1.09 bits per heavy atom.